The lowest BCUT2D eigenvalue weighted by Gasteiger charge is -2.35. The Kier molecular flexibility index (Phi) is 6.54. The molecule has 5 heteroatoms. The Morgan fingerprint density at radius 2 is 1.84 bits per heavy atom. The summed E-state index contributed by atoms with van der Waals surface area (Å²) in [6, 6.07) is 7.60. The molecule has 1 saturated heterocycles. The molecule has 1 aromatic carbocycles. The van der Waals surface area contributed by atoms with E-state index < -0.39 is 0 Å². The zero-order chi connectivity index (χ0) is 11.7. The first-order valence-electron chi connectivity index (χ1n) is 6.55. The Hall–Kier alpha value is -0.350. The number of benzene rings is 1. The standard InChI is InChI=1S/C14H19FN2.2ClH/c15-13-3-1-2-12(10-13)14(11-4-5-11)17-8-6-16-7-9-17;;/h1-3,10-11,14,16H,4-9H2;2*1H/t14-;;/m1../s1. The fourth-order valence-electron chi connectivity index (χ4n) is 2.84. The summed E-state index contributed by atoms with van der Waals surface area (Å²) in [6.45, 7) is 4.27. The van der Waals surface area contributed by atoms with Crippen molar-refractivity contribution < 1.29 is 4.39 Å². The fraction of sp³-hybridized carbons (Fsp3) is 0.571. The van der Waals surface area contributed by atoms with Crippen LogP contribution < -0.4 is 5.32 Å². The second-order valence-corrected chi connectivity index (χ2v) is 5.12. The molecule has 1 aliphatic heterocycles. The van der Waals surface area contributed by atoms with Crippen molar-refractivity contribution in [3.63, 3.8) is 0 Å². The van der Waals surface area contributed by atoms with Crippen LogP contribution in [-0.4, -0.2) is 31.1 Å². The van der Waals surface area contributed by atoms with Gasteiger partial charge in [0.2, 0.25) is 0 Å². The summed E-state index contributed by atoms with van der Waals surface area (Å²) in [7, 11) is 0. The van der Waals surface area contributed by atoms with E-state index in [1.807, 2.05) is 6.07 Å². The molecule has 0 amide bonds. The molecule has 1 saturated carbocycles. The van der Waals surface area contributed by atoms with Gasteiger partial charge in [-0.25, -0.2) is 4.39 Å². The van der Waals surface area contributed by atoms with Crippen molar-refractivity contribution in [3.8, 4) is 0 Å². The normalized spacial score (nSPS) is 21.1. The molecule has 1 atom stereocenters. The summed E-state index contributed by atoms with van der Waals surface area (Å²) < 4.78 is 13.3. The maximum Gasteiger partial charge on any atom is 0.123 e. The van der Waals surface area contributed by atoms with Crippen LogP contribution in [0.25, 0.3) is 0 Å². The SMILES string of the molecule is Cl.Cl.Fc1cccc([C@@H](C2CC2)N2CCNCC2)c1. The summed E-state index contributed by atoms with van der Waals surface area (Å²) in [5.41, 5.74) is 1.16. The highest BCUT2D eigenvalue weighted by atomic mass is 35.5. The second-order valence-electron chi connectivity index (χ2n) is 5.12. The van der Waals surface area contributed by atoms with Crippen molar-refractivity contribution >= 4 is 24.8 Å². The number of nitrogens with one attached hydrogen (secondary N) is 1. The molecule has 1 aliphatic carbocycles. The van der Waals surface area contributed by atoms with E-state index in [0.29, 0.717) is 6.04 Å². The monoisotopic (exact) mass is 306 g/mol. The highest BCUT2D eigenvalue weighted by Gasteiger charge is 2.36. The Morgan fingerprint density at radius 3 is 2.42 bits per heavy atom. The summed E-state index contributed by atoms with van der Waals surface area (Å²) in [5.74, 6) is 0.637. The molecule has 0 spiro atoms. The predicted molar refractivity (Wildman–Crippen MR) is 80.8 cm³/mol. The first kappa shape index (κ1) is 16.7. The van der Waals surface area contributed by atoms with Crippen molar-refractivity contribution in [2.24, 2.45) is 5.92 Å². The van der Waals surface area contributed by atoms with Gasteiger partial charge in [-0.05, 0) is 36.5 Å². The van der Waals surface area contributed by atoms with Crippen LogP contribution in [0, 0.1) is 11.7 Å². The molecule has 0 aromatic heterocycles. The van der Waals surface area contributed by atoms with Gasteiger partial charge in [-0.3, -0.25) is 4.90 Å². The molecule has 1 N–H and O–H groups in total. The first-order valence-corrected chi connectivity index (χ1v) is 6.55. The van der Waals surface area contributed by atoms with Crippen LogP contribution in [0.2, 0.25) is 0 Å². The summed E-state index contributed by atoms with van der Waals surface area (Å²) in [6.07, 6.45) is 2.59. The van der Waals surface area contributed by atoms with Gasteiger partial charge in [0.05, 0.1) is 0 Å². The van der Waals surface area contributed by atoms with Gasteiger partial charge in [-0.1, -0.05) is 12.1 Å². The third-order valence-corrected chi connectivity index (χ3v) is 3.80. The maximum atomic E-state index is 13.3. The lowest BCUT2D eigenvalue weighted by molar-refractivity contribution is 0.156. The average Bonchev–Trinajstić information content (AvgIpc) is 3.15. The third-order valence-electron chi connectivity index (χ3n) is 3.80. The highest BCUT2D eigenvalue weighted by Crippen LogP contribution is 2.44. The molecule has 2 aliphatic rings. The Balaban J connectivity index is 0.000000902. The number of piperazine rings is 1. The van der Waals surface area contributed by atoms with E-state index in [2.05, 4.69) is 16.3 Å². The van der Waals surface area contributed by atoms with Gasteiger partial charge in [-0.2, -0.15) is 0 Å². The first-order chi connectivity index (χ1) is 8.34. The summed E-state index contributed by atoms with van der Waals surface area (Å²) >= 11 is 0. The molecule has 2 fully saturated rings. The van der Waals surface area contributed by atoms with Crippen LogP contribution in [0.4, 0.5) is 4.39 Å². The zero-order valence-electron chi connectivity index (χ0n) is 10.8. The van der Waals surface area contributed by atoms with Crippen molar-refractivity contribution in [1.82, 2.24) is 10.2 Å². The molecular weight excluding hydrogens is 286 g/mol. The highest BCUT2D eigenvalue weighted by molar-refractivity contribution is 5.85. The molecule has 1 heterocycles. The molecule has 1 aromatic rings. The van der Waals surface area contributed by atoms with E-state index in [0.717, 1.165) is 37.7 Å². The van der Waals surface area contributed by atoms with Crippen LogP contribution in [-0.2, 0) is 0 Å². The minimum atomic E-state index is -0.108. The second kappa shape index (κ2) is 7.44. The molecule has 2 nitrogen and oxygen atoms in total. The predicted octanol–water partition coefficient (Wildman–Crippen LogP) is 3.03. The molecule has 19 heavy (non-hydrogen) atoms. The number of halogens is 3. The number of hydrogen-bond donors (Lipinski definition) is 1. The lowest BCUT2D eigenvalue weighted by atomic mass is 10.00. The molecule has 0 bridgehead atoms. The van der Waals surface area contributed by atoms with Gasteiger partial charge >= 0.3 is 0 Å². The van der Waals surface area contributed by atoms with Gasteiger partial charge < -0.3 is 5.32 Å². The van der Waals surface area contributed by atoms with E-state index in [9.17, 15) is 4.39 Å². The fourth-order valence-corrected chi connectivity index (χ4v) is 2.84. The van der Waals surface area contributed by atoms with E-state index in [4.69, 9.17) is 0 Å². The third kappa shape index (κ3) is 4.06. The minimum absolute atomic E-state index is 0. The van der Waals surface area contributed by atoms with E-state index in [1.165, 1.54) is 18.9 Å². The Labute approximate surface area is 126 Å². The average molecular weight is 307 g/mol. The van der Waals surface area contributed by atoms with Gasteiger partial charge in [0.15, 0.2) is 0 Å². The quantitative estimate of drug-likeness (QED) is 0.923. The van der Waals surface area contributed by atoms with Crippen molar-refractivity contribution in [1.29, 1.82) is 0 Å². The number of hydrogen-bond acceptors (Lipinski definition) is 2. The largest absolute Gasteiger partial charge is 0.314 e. The van der Waals surface area contributed by atoms with E-state index >= 15 is 0 Å². The smallest absolute Gasteiger partial charge is 0.123 e. The van der Waals surface area contributed by atoms with Crippen molar-refractivity contribution in [3.05, 3.63) is 35.6 Å². The van der Waals surface area contributed by atoms with Gasteiger partial charge in [0, 0.05) is 32.2 Å². The summed E-state index contributed by atoms with van der Waals surface area (Å²) in [5, 5.41) is 3.38. The molecular formula is C14H21Cl2FN2. The molecule has 0 unspecified atom stereocenters. The van der Waals surface area contributed by atoms with Crippen LogP contribution in [0.3, 0.4) is 0 Å². The lowest BCUT2D eigenvalue weighted by Crippen LogP contribution is -2.45. The summed E-state index contributed by atoms with van der Waals surface area (Å²) in [4.78, 5) is 2.52. The van der Waals surface area contributed by atoms with E-state index in [1.54, 1.807) is 6.07 Å². The topological polar surface area (TPSA) is 15.3 Å². The van der Waals surface area contributed by atoms with Crippen LogP contribution in [0.5, 0.6) is 0 Å². The van der Waals surface area contributed by atoms with Crippen LogP contribution >= 0.6 is 24.8 Å². The Bertz CT molecular complexity index is 393. The van der Waals surface area contributed by atoms with Gasteiger partial charge in [-0.15, -0.1) is 24.8 Å². The Morgan fingerprint density at radius 1 is 1.16 bits per heavy atom. The molecule has 108 valence electrons. The van der Waals surface area contributed by atoms with Gasteiger partial charge in [0.1, 0.15) is 5.82 Å². The zero-order valence-corrected chi connectivity index (χ0v) is 12.5. The van der Waals surface area contributed by atoms with Crippen LogP contribution in [0.15, 0.2) is 24.3 Å². The molecule has 0 radical (unpaired) electrons. The minimum Gasteiger partial charge on any atom is -0.314 e. The number of nitrogens with zero attached hydrogens (tertiary/aromatic N) is 1. The van der Waals surface area contributed by atoms with Crippen molar-refractivity contribution in [2.75, 3.05) is 26.2 Å². The maximum absolute atomic E-state index is 13.3. The van der Waals surface area contributed by atoms with Crippen LogP contribution in [0.1, 0.15) is 24.4 Å². The van der Waals surface area contributed by atoms with Gasteiger partial charge in [0.25, 0.3) is 0 Å². The number of rotatable bonds is 3. The van der Waals surface area contributed by atoms with E-state index in [-0.39, 0.29) is 30.6 Å². The van der Waals surface area contributed by atoms with Crippen molar-refractivity contribution in [2.45, 2.75) is 18.9 Å². The molecule has 3 rings (SSSR count).